The van der Waals surface area contributed by atoms with E-state index in [2.05, 4.69) is 10.3 Å². The number of carbonyl (C=O) groups is 2. The molecule has 3 rings (SSSR count). The maximum absolute atomic E-state index is 13.3. The monoisotopic (exact) mass is 551 g/mol. The molecule has 0 aliphatic heterocycles. The summed E-state index contributed by atoms with van der Waals surface area (Å²) in [4.78, 5) is 30.5. The summed E-state index contributed by atoms with van der Waals surface area (Å²) in [5, 5.41) is 12.5. The lowest BCUT2D eigenvalue weighted by atomic mass is 9.97. The Morgan fingerprint density at radius 1 is 1.00 bits per heavy atom. The van der Waals surface area contributed by atoms with E-state index in [-0.39, 0.29) is 30.1 Å². The number of benzene rings is 2. The predicted octanol–water partition coefficient (Wildman–Crippen LogP) is 2.69. The van der Waals surface area contributed by atoms with E-state index < -0.39 is 34.3 Å². The van der Waals surface area contributed by atoms with Crippen molar-refractivity contribution in [3.05, 3.63) is 101 Å². The Kier molecular flexibility index (Phi) is 11.3. The number of Topliss-reactive ketones (excluding diaryl/α,β-unsaturated/α-hetero) is 1. The van der Waals surface area contributed by atoms with Crippen LogP contribution < -0.4 is 11.1 Å². The van der Waals surface area contributed by atoms with Gasteiger partial charge in [0.1, 0.15) is 6.04 Å². The number of aryl methyl sites for hydroxylation is 3. The van der Waals surface area contributed by atoms with E-state index in [4.69, 9.17) is 5.73 Å². The van der Waals surface area contributed by atoms with Gasteiger partial charge >= 0.3 is 0 Å². The van der Waals surface area contributed by atoms with Gasteiger partial charge in [-0.05, 0) is 55.0 Å². The third-order valence-corrected chi connectivity index (χ3v) is 8.32. The van der Waals surface area contributed by atoms with Crippen LogP contribution in [0, 0.1) is 12.8 Å². The highest BCUT2D eigenvalue weighted by molar-refractivity contribution is 7.90. The van der Waals surface area contributed by atoms with Gasteiger partial charge in [-0.1, -0.05) is 60.2 Å². The minimum atomic E-state index is -3.64. The quantitative estimate of drug-likeness (QED) is 0.264. The molecular formula is C30H37N3O5S. The maximum atomic E-state index is 13.3. The van der Waals surface area contributed by atoms with E-state index in [9.17, 15) is 23.1 Å². The molecule has 9 heteroatoms. The lowest BCUT2D eigenvalue weighted by molar-refractivity contribution is -0.130. The van der Waals surface area contributed by atoms with Gasteiger partial charge in [-0.15, -0.1) is 0 Å². The van der Waals surface area contributed by atoms with E-state index in [1.807, 2.05) is 37.3 Å². The molecule has 39 heavy (non-hydrogen) atoms. The smallest absolute Gasteiger partial charge is 0.224 e. The fourth-order valence-electron chi connectivity index (χ4n) is 4.49. The van der Waals surface area contributed by atoms with Crippen LogP contribution >= 0.6 is 0 Å². The van der Waals surface area contributed by atoms with Gasteiger partial charge in [-0.2, -0.15) is 0 Å². The lowest BCUT2D eigenvalue weighted by Gasteiger charge is -2.21. The Bertz CT molecular complexity index is 1330. The third-order valence-electron chi connectivity index (χ3n) is 6.64. The van der Waals surface area contributed by atoms with Crippen LogP contribution in [0.15, 0.2) is 72.9 Å². The molecule has 0 aliphatic rings. The van der Waals surface area contributed by atoms with Crippen LogP contribution in [-0.2, 0) is 44.6 Å². The Morgan fingerprint density at radius 3 is 2.41 bits per heavy atom. The second-order valence-corrected chi connectivity index (χ2v) is 11.9. The molecule has 1 aromatic heterocycles. The summed E-state index contributed by atoms with van der Waals surface area (Å²) >= 11 is 0. The molecule has 0 aliphatic carbocycles. The SMILES string of the molecule is Cc1ccc(CN)c(CCC(=O)[C@H](CO)NC(=O)C(CCc2ccccn2)CS(=O)(=O)Cc2ccccc2)c1. The predicted molar refractivity (Wildman–Crippen MR) is 151 cm³/mol. The summed E-state index contributed by atoms with van der Waals surface area (Å²) in [6, 6.07) is 19.0. The number of aliphatic hydroxyl groups is 1. The number of ketones is 1. The Labute approximate surface area is 230 Å². The molecule has 0 spiro atoms. The second-order valence-electron chi connectivity index (χ2n) is 9.78. The number of rotatable bonds is 15. The maximum Gasteiger partial charge on any atom is 0.224 e. The first-order chi connectivity index (χ1) is 18.7. The van der Waals surface area contributed by atoms with Crippen molar-refractivity contribution >= 4 is 21.5 Å². The van der Waals surface area contributed by atoms with Gasteiger partial charge in [-0.3, -0.25) is 14.6 Å². The van der Waals surface area contributed by atoms with Gasteiger partial charge in [-0.25, -0.2) is 8.42 Å². The van der Waals surface area contributed by atoms with Crippen LogP contribution in [0.3, 0.4) is 0 Å². The van der Waals surface area contributed by atoms with E-state index in [0.717, 1.165) is 22.4 Å². The van der Waals surface area contributed by atoms with Crippen LogP contribution in [0.1, 0.15) is 40.8 Å². The molecule has 2 atom stereocenters. The summed E-state index contributed by atoms with van der Waals surface area (Å²) in [5.41, 5.74) is 10.1. The molecule has 1 heterocycles. The van der Waals surface area contributed by atoms with Crippen molar-refractivity contribution in [2.45, 2.75) is 50.9 Å². The van der Waals surface area contributed by atoms with Crippen LogP contribution in [0.25, 0.3) is 0 Å². The Morgan fingerprint density at radius 2 is 1.74 bits per heavy atom. The van der Waals surface area contributed by atoms with Crippen molar-refractivity contribution in [1.29, 1.82) is 0 Å². The van der Waals surface area contributed by atoms with Crippen LogP contribution in [-0.4, -0.2) is 48.6 Å². The first-order valence-electron chi connectivity index (χ1n) is 13.1. The van der Waals surface area contributed by atoms with Crippen molar-refractivity contribution in [1.82, 2.24) is 10.3 Å². The van der Waals surface area contributed by atoms with Gasteiger partial charge in [0.25, 0.3) is 0 Å². The van der Waals surface area contributed by atoms with Gasteiger partial charge < -0.3 is 16.2 Å². The number of hydrogen-bond acceptors (Lipinski definition) is 7. The molecule has 1 amide bonds. The first kappa shape index (κ1) is 30.1. The molecule has 8 nitrogen and oxygen atoms in total. The number of amides is 1. The number of nitrogens with zero attached hydrogens (tertiary/aromatic N) is 1. The molecule has 1 unspecified atom stereocenters. The molecule has 0 radical (unpaired) electrons. The summed E-state index contributed by atoms with van der Waals surface area (Å²) in [6.07, 6.45) is 2.79. The second kappa shape index (κ2) is 14.7. The van der Waals surface area contributed by atoms with Crippen molar-refractivity contribution in [3.8, 4) is 0 Å². The highest BCUT2D eigenvalue weighted by Gasteiger charge is 2.29. The minimum Gasteiger partial charge on any atom is -0.394 e. The van der Waals surface area contributed by atoms with Gasteiger partial charge in [0.15, 0.2) is 15.6 Å². The molecule has 0 saturated heterocycles. The van der Waals surface area contributed by atoms with Crippen molar-refractivity contribution in [2.24, 2.45) is 11.7 Å². The standard InChI is InChI=1S/C30H37N3O5S/c1-22-10-11-25(18-31)24(17-22)13-15-29(35)28(19-34)33-30(36)26(12-14-27-9-5-6-16-32-27)21-39(37,38)20-23-7-3-2-4-8-23/h2-11,16-17,26,28,34H,12-15,18-21,31H2,1H3,(H,33,36)/t26?,28-/m0/s1. The van der Waals surface area contributed by atoms with Gasteiger partial charge in [0.05, 0.1) is 24.0 Å². The highest BCUT2D eigenvalue weighted by atomic mass is 32.2. The largest absolute Gasteiger partial charge is 0.394 e. The van der Waals surface area contributed by atoms with Gasteiger partial charge in [0.2, 0.25) is 5.91 Å². The van der Waals surface area contributed by atoms with E-state index in [1.54, 1.807) is 42.6 Å². The number of pyridine rings is 1. The average Bonchev–Trinajstić information content (AvgIpc) is 2.93. The number of carbonyl (C=O) groups excluding carboxylic acids is 2. The number of aromatic nitrogens is 1. The Balaban J connectivity index is 1.70. The molecule has 0 bridgehead atoms. The zero-order valence-electron chi connectivity index (χ0n) is 22.3. The summed E-state index contributed by atoms with van der Waals surface area (Å²) in [6.45, 7) is 1.73. The normalized spacial score (nSPS) is 13.0. The molecule has 208 valence electrons. The minimum absolute atomic E-state index is 0.104. The Hall–Kier alpha value is -3.40. The van der Waals surface area contributed by atoms with Crippen LogP contribution in [0.2, 0.25) is 0 Å². The van der Waals surface area contributed by atoms with Crippen LogP contribution in [0.5, 0.6) is 0 Å². The third kappa shape index (κ3) is 9.69. The van der Waals surface area contributed by atoms with Gasteiger partial charge in [0, 0.05) is 24.9 Å². The number of nitrogens with one attached hydrogen (secondary N) is 1. The molecule has 3 aromatic rings. The first-order valence-corrected chi connectivity index (χ1v) is 14.9. The number of aliphatic hydroxyl groups excluding tert-OH is 1. The zero-order valence-corrected chi connectivity index (χ0v) is 23.1. The van der Waals surface area contributed by atoms with E-state index in [0.29, 0.717) is 24.9 Å². The topological polar surface area (TPSA) is 139 Å². The zero-order chi connectivity index (χ0) is 28.3. The molecular weight excluding hydrogens is 514 g/mol. The number of sulfone groups is 1. The molecule has 4 N–H and O–H groups in total. The summed E-state index contributed by atoms with van der Waals surface area (Å²) in [7, 11) is -3.64. The molecule has 0 saturated carbocycles. The van der Waals surface area contributed by atoms with E-state index >= 15 is 0 Å². The van der Waals surface area contributed by atoms with Crippen LogP contribution in [0.4, 0.5) is 0 Å². The fraction of sp³-hybridized carbons (Fsp3) is 0.367. The molecule has 0 fully saturated rings. The van der Waals surface area contributed by atoms with Crippen molar-refractivity contribution in [3.63, 3.8) is 0 Å². The molecule has 2 aromatic carbocycles. The summed E-state index contributed by atoms with van der Waals surface area (Å²) in [5.74, 6) is -2.39. The highest BCUT2D eigenvalue weighted by Crippen LogP contribution is 2.17. The number of nitrogens with two attached hydrogens (primary N) is 1. The average molecular weight is 552 g/mol. The van der Waals surface area contributed by atoms with Crippen molar-refractivity contribution in [2.75, 3.05) is 12.4 Å². The number of hydrogen-bond donors (Lipinski definition) is 3. The van der Waals surface area contributed by atoms with Crippen molar-refractivity contribution < 1.29 is 23.1 Å². The fourth-order valence-corrected chi connectivity index (χ4v) is 6.24. The van der Waals surface area contributed by atoms with E-state index in [1.165, 1.54) is 0 Å². The lowest BCUT2D eigenvalue weighted by Crippen LogP contribution is -2.47. The summed E-state index contributed by atoms with van der Waals surface area (Å²) < 4.78 is 26.1.